The fourth-order valence-electron chi connectivity index (χ4n) is 1.49. The monoisotopic (exact) mass is 272 g/mol. The summed E-state index contributed by atoms with van der Waals surface area (Å²) in [5.41, 5.74) is 0.547. The Bertz CT molecular complexity index is 464. The average molecular weight is 273 g/mol. The second-order valence-corrected chi connectivity index (χ2v) is 5.68. The highest BCUT2D eigenvalue weighted by molar-refractivity contribution is 8.14. The van der Waals surface area contributed by atoms with Crippen LogP contribution >= 0.6 is 23.4 Å². The van der Waals surface area contributed by atoms with E-state index in [1.165, 1.54) is 12.1 Å². The van der Waals surface area contributed by atoms with E-state index < -0.39 is 0 Å². The summed E-state index contributed by atoms with van der Waals surface area (Å²) in [5, 5.41) is 4.39. The molecule has 1 atom stereocenters. The van der Waals surface area contributed by atoms with Gasteiger partial charge >= 0.3 is 0 Å². The molecular formula is C12H14ClFN2S. The summed E-state index contributed by atoms with van der Waals surface area (Å²) < 4.78 is 13.1. The van der Waals surface area contributed by atoms with Gasteiger partial charge in [0.05, 0.1) is 16.2 Å². The fourth-order valence-corrected chi connectivity index (χ4v) is 2.84. The Morgan fingerprint density at radius 2 is 2.35 bits per heavy atom. The maximum Gasteiger partial charge on any atom is 0.161 e. The molecule has 0 spiro atoms. The van der Waals surface area contributed by atoms with E-state index in [1.54, 1.807) is 17.8 Å². The molecule has 1 aromatic carbocycles. The van der Waals surface area contributed by atoms with Crippen molar-refractivity contribution in [1.82, 2.24) is 0 Å². The molecule has 1 aliphatic heterocycles. The van der Waals surface area contributed by atoms with Gasteiger partial charge < -0.3 is 5.32 Å². The first-order chi connectivity index (χ1) is 8.02. The van der Waals surface area contributed by atoms with Gasteiger partial charge in [0.2, 0.25) is 0 Å². The minimum Gasteiger partial charge on any atom is -0.334 e. The highest BCUT2D eigenvalue weighted by atomic mass is 35.5. The summed E-state index contributed by atoms with van der Waals surface area (Å²) >= 11 is 7.63. The lowest BCUT2D eigenvalue weighted by Gasteiger charge is -2.15. The van der Waals surface area contributed by atoms with E-state index in [2.05, 4.69) is 24.2 Å². The molecule has 5 heteroatoms. The van der Waals surface area contributed by atoms with Crippen molar-refractivity contribution < 1.29 is 4.39 Å². The van der Waals surface area contributed by atoms with E-state index in [0.717, 1.165) is 17.3 Å². The molecule has 0 fully saturated rings. The van der Waals surface area contributed by atoms with Crippen LogP contribution in [-0.2, 0) is 0 Å². The Balaban J connectivity index is 2.17. The zero-order valence-corrected chi connectivity index (χ0v) is 11.3. The van der Waals surface area contributed by atoms with Crippen molar-refractivity contribution in [3.63, 3.8) is 0 Å². The van der Waals surface area contributed by atoms with Crippen molar-refractivity contribution in [3.8, 4) is 0 Å². The first-order valence-corrected chi connectivity index (χ1v) is 6.83. The third-order valence-corrected chi connectivity index (χ3v) is 4.39. The molecule has 1 unspecified atom stereocenters. The van der Waals surface area contributed by atoms with E-state index >= 15 is 0 Å². The number of benzene rings is 1. The second kappa shape index (κ2) is 4.86. The Morgan fingerprint density at radius 3 is 3.00 bits per heavy atom. The highest BCUT2D eigenvalue weighted by Crippen LogP contribution is 2.32. The molecule has 92 valence electrons. The Labute approximate surface area is 110 Å². The lowest BCUT2D eigenvalue weighted by Crippen LogP contribution is -2.20. The number of hydrogen-bond acceptors (Lipinski definition) is 3. The molecular weight excluding hydrogens is 259 g/mol. The van der Waals surface area contributed by atoms with E-state index in [1.807, 2.05) is 0 Å². The quantitative estimate of drug-likeness (QED) is 0.874. The van der Waals surface area contributed by atoms with Crippen molar-refractivity contribution in [3.05, 3.63) is 29.0 Å². The molecule has 1 aliphatic rings. The van der Waals surface area contributed by atoms with Crippen LogP contribution in [0.5, 0.6) is 0 Å². The molecule has 0 saturated carbocycles. The summed E-state index contributed by atoms with van der Waals surface area (Å²) in [4.78, 5) is 4.59. The molecule has 0 amide bonds. The highest BCUT2D eigenvalue weighted by Gasteiger charge is 2.28. The summed E-state index contributed by atoms with van der Waals surface area (Å²) in [5.74, 6) is 0.637. The summed E-state index contributed by atoms with van der Waals surface area (Å²) in [6.45, 7) is 4.23. The number of aliphatic imine (C=N–C) groups is 1. The lowest BCUT2D eigenvalue weighted by molar-refractivity contribution is 0.523. The summed E-state index contributed by atoms with van der Waals surface area (Å²) in [7, 11) is 0. The van der Waals surface area contributed by atoms with Crippen LogP contribution in [0.3, 0.4) is 0 Å². The minimum atomic E-state index is -0.307. The topological polar surface area (TPSA) is 24.4 Å². The molecule has 1 heterocycles. The third kappa shape index (κ3) is 2.93. The van der Waals surface area contributed by atoms with Crippen molar-refractivity contribution in [2.24, 2.45) is 4.99 Å². The molecule has 1 N–H and O–H groups in total. The van der Waals surface area contributed by atoms with Gasteiger partial charge in [-0.3, -0.25) is 4.99 Å². The van der Waals surface area contributed by atoms with Crippen molar-refractivity contribution in [2.45, 2.75) is 25.8 Å². The van der Waals surface area contributed by atoms with E-state index in [4.69, 9.17) is 11.6 Å². The van der Waals surface area contributed by atoms with Crippen LogP contribution in [-0.4, -0.2) is 16.5 Å². The largest absolute Gasteiger partial charge is 0.334 e. The molecule has 0 radical (unpaired) electrons. The van der Waals surface area contributed by atoms with E-state index in [-0.39, 0.29) is 11.4 Å². The molecule has 17 heavy (non-hydrogen) atoms. The van der Waals surface area contributed by atoms with Gasteiger partial charge in [-0.1, -0.05) is 30.3 Å². The van der Waals surface area contributed by atoms with Crippen LogP contribution in [0.1, 0.15) is 20.3 Å². The zero-order valence-electron chi connectivity index (χ0n) is 9.76. The Hall–Kier alpha value is -0.740. The van der Waals surface area contributed by atoms with Gasteiger partial charge in [0.25, 0.3) is 0 Å². The minimum absolute atomic E-state index is 0.0210. The number of rotatable bonds is 2. The van der Waals surface area contributed by atoms with Gasteiger partial charge in [-0.25, -0.2) is 4.39 Å². The summed E-state index contributed by atoms with van der Waals surface area (Å²) in [6.07, 6.45) is 0.988. The number of hydrogen-bond donors (Lipinski definition) is 1. The Morgan fingerprint density at radius 1 is 1.59 bits per heavy atom. The van der Waals surface area contributed by atoms with Crippen molar-refractivity contribution in [1.29, 1.82) is 0 Å². The number of nitrogens with one attached hydrogen (secondary N) is 1. The van der Waals surface area contributed by atoms with Gasteiger partial charge in [-0.05, 0) is 31.5 Å². The zero-order chi connectivity index (χ0) is 12.5. The smallest absolute Gasteiger partial charge is 0.161 e. The predicted molar refractivity (Wildman–Crippen MR) is 73.6 cm³/mol. The summed E-state index contributed by atoms with van der Waals surface area (Å²) in [6, 6.07) is 4.26. The third-order valence-electron chi connectivity index (χ3n) is 2.82. The van der Waals surface area contributed by atoms with Crippen molar-refractivity contribution >= 4 is 34.2 Å². The fraction of sp³-hybridized carbons (Fsp3) is 0.417. The number of thioether (sulfide) groups is 1. The molecule has 2 rings (SSSR count). The second-order valence-electron chi connectivity index (χ2n) is 4.31. The van der Waals surface area contributed by atoms with Crippen LogP contribution < -0.4 is 5.32 Å². The number of anilines is 1. The maximum atomic E-state index is 13.1. The number of nitrogens with zero attached hydrogens (tertiary/aromatic N) is 1. The normalized spacial score (nSPS) is 23.6. The molecule has 0 saturated heterocycles. The standard InChI is InChI=1S/C12H14ClFN2S/c1-3-12(2)7-17-11(16-12)15-10-6-8(14)4-5-9(10)13/h4-6H,3,7H2,1-2H3,(H,15,16). The molecule has 0 aromatic heterocycles. The Kier molecular flexibility index (Phi) is 3.64. The molecule has 2 nitrogen and oxygen atoms in total. The number of halogens is 2. The van der Waals surface area contributed by atoms with Gasteiger partial charge in [0, 0.05) is 5.75 Å². The van der Waals surface area contributed by atoms with Gasteiger partial charge in [-0.15, -0.1) is 0 Å². The molecule has 1 aromatic rings. The maximum absolute atomic E-state index is 13.1. The van der Waals surface area contributed by atoms with E-state index in [9.17, 15) is 4.39 Å². The molecule has 0 bridgehead atoms. The van der Waals surface area contributed by atoms with Gasteiger partial charge in [0.15, 0.2) is 5.17 Å². The van der Waals surface area contributed by atoms with Crippen LogP contribution in [0.25, 0.3) is 0 Å². The first-order valence-electron chi connectivity index (χ1n) is 5.47. The first kappa shape index (κ1) is 12.7. The van der Waals surface area contributed by atoms with Crippen LogP contribution in [0.2, 0.25) is 5.02 Å². The van der Waals surface area contributed by atoms with Crippen LogP contribution in [0, 0.1) is 5.82 Å². The van der Waals surface area contributed by atoms with Crippen molar-refractivity contribution in [2.75, 3.05) is 11.1 Å². The van der Waals surface area contributed by atoms with E-state index in [0.29, 0.717) is 10.7 Å². The van der Waals surface area contributed by atoms with Crippen LogP contribution in [0.15, 0.2) is 23.2 Å². The van der Waals surface area contributed by atoms with Gasteiger partial charge in [-0.2, -0.15) is 0 Å². The SMILES string of the molecule is CCC1(C)CSC(Nc2cc(F)ccc2Cl)=N1. The van der Waals surface area contributed by atoms with Gasteiger partial charge in [0.1, 0.15) is 5.82 Å². The lowest BCUT2D eigenvalue weighted by atomic mass is 10.0. The molecule has 0 aliphatic carbocycles. The van der Waals surface area contributed by atoms with Crippen LogP contribution in [0.4, 0.5) is 10.1 Å². The predicted octanol–water partition coefficient (Wildman–Crippen LogP) is 4.16. The number of amidine groups is 1. The average Bonchev–Trinajstić information content (AvgIpc) is 2.67.